The third-order valence-electron chi connectivity index (χ3n) is 2.51. The quantitative estimate of drug-likeness (QED) is 0.432. The van der Waals surface area contributed by atoms with E-state index in [0.717, 1.165) is 6.42 Å². The molecule has 2 heteroatoms. The van der Waals surface area contributed by atoms with Gasteiger partial charge in [0.25, 0.3) is 0 Å². The summed E-state index contributed by atoms with van der Waals surface area (Å²) in [6.07, 6.45) is 13.3. The van der Waals surface area contributed by atoms with E-state index in [2.05, 4.69) is 6.92 Å². The van der Waals surface area contributed by atoms with Gasteiger partial charge in [-0.05, 0) is 6.42 Å². The number of aliphatic hydroxyl groups excluding tert-OH is 1. The molecule has 0 spiro atoms. The van der Waals surface area contributed by atoms with Crippen LogP contribution >= 0.6 is 0 Å². The van der Waals surface area contributed by atoms with Gasteiger partial charge in [-0.1, -0.05) is 64.7 Å². The largest absolute Gasteiger partial charge is 2.00 e. The molecule has 0 aliphatic heterocycles. The molecule has 0 aromatic carbocycles. The van der Waals surface area contributed by atoms with Crippen LogP contribution in [0, 0.1) is 0 Å². The number of hydrogen-bond donors (Lipinski definition) is 1. The number of aliphatic hydroxyl groups is 1. The molecule has 1 nitrogen and oxygen atoms in total. The molecule has 0 aromatic rings. The predicted molar refractivity (Wildman–Crippen MR) is 66.9 cm³/mol. The Morgan fingerprint density at radius 1 is 0.714 bits per heavy atom. The maximum Gasteiger partial charge on any atom is 2.00 e. The van der Waals surface area contributed by atoms with Crippen molar-refractivity contribution in [3.05, 3.63) is 0 Å². The number of hydrogen-bond acceptors (Lipinski definition) is 1. The average molecular weight is 213 g/mol. The van der Waals surface area contributed by atoms with Crippen LogP contribution < -0.4 is 0 Å². The zero-order chi connectivity index (χ0) is 9.78. The fraction of sp³-hybridized carbons (Fsp3) is 1.00. The Labute approximate surface area is 109 Å². The second-order valence-corrected chi connectivity index (χ2v) is 3.91. The van der Waals surface area contributed by atoms with E-state index < -0.39 is 0 Å². The van der Waals surface area contributed by atoms with Crippen molar-refractivity contribution in [3.63, 3.8) is 0 Å². The minimum atomic E-state index is 0. The van der Waals surface area contributed by atoms with Crippen molar-refractivity contribution in [1.82, 2.24) is 0 Å². The molecule has 0 aliphatic carbocycles. The molecule has 14 heavy (non-hydrogen) atoms. The summed E-state index contributed by atoms with van der Waals surface area (Å²) in [5, 5.41) is 8.57. The molecule has 0 bridgehead atoms. The summed E-state index contributed by atoms with van der Waals surface area (Å²) in [6.45, 7) is 2.63. The Morgan fingerprint density at radius 2 is 1.07 bits per heavy atom. The van der Waals surface area contributed by atoms with Crippen LogP contribution in [-0.4, -0.2) is 34.8 Å². The van der Waals surface area contributed by atoms with Gasteiger partial charge in [0.05, 0.1) is 0 Å². The summed E-state index contributed by atoms with van der Waals surface area (Å²) in [5.41, 5.74) is 0. The monoisotopic (exact) mass is 212 g/mol. The van der Waals surface area contributed by atoms with Gasteiger partial charge >= 0.3 is 23.1 Å². The topological polar surface area (TPSA) is 20.2 Å². The van der Waals surface area contributed by atoms with Crippen molar-refractivity contribution in [3.8, 4) is 0 Å². The van der Waals surface area contributed by atoms with Gasteiger partial charge in [-0.25, -0.2) is 0 Å². The second kappa shape index (κ2) is 16.2. The molecule has 0 fully saturated rings. The molecule has 0 radical (unpaired) electrons. The van der Waals surface area contributed by atoms with Crippen LogP contribution in [0.1, 0.15) is 74.0 Å². The van der Waals surface area contributed by atoms with Crippen LogP contribution in [0.3, 0.4) is 0 Å². The molecule has 84 valence electrons. The fourth-order valence-electron chi connectivity index (χ4n) is 1.60. The van der Waals surface area contributed by atoms with Crippen molar-refractivity contribution in [2.45, 2.75) is 71.1 Å². The number of rotatable bonds is 10. The first kappa shape index (κ1) is 17.1. The maximum absolute atomic E-state index is 8.57. The fourth-order valence-corrected chi connectivity index (χ4v) is 1.60. The third-order valence-corrected chi connectivity index (χ3v) is 2.51. The summed E-state index contributed by atoms with van der Waals surface area (Å²) in [4.78, 5) is 0. The first-order chi connectivity index (χ1) is 6.41. The Balaban J connectivity index is -0.000000240. The molecule has 0 unspecified atom stereocenters. The normalized spacial score (nSPS) is 9.86. The van der Waals surface area contributed by atoms with Crippen molar-refractivity contribution in [2.24, 2.45) is 0 Å². The molecule has 0 aliphatic rings. The summed E-state index contributed by atoms with van der Waals surface area (Å²) < 4.78 is 0. The first-order valence-corrected chi connectivity index (χ1v) is 6.02. The Morgan fingerprint density at radius 3 is 1.43 bits per heavy atom. The molecule has 0 atom stereocenters. The van der Waals surface area contributed by atoms with Gasteiger partial charge in [0.15, 0.2) is 0 Å². The Bertz CT molecular complexity index is 85.1. The van der Waals surface area contributed by atoms with Crippen LogP contribution in [0.5, 0.6) is 0 Å². The first-order valence-electron chi connectivity index (χ1n) is 6.02. The van der Waals surface area contributed by atoms with Gasteiger partial charge in [0, 0.05) is 6.61 Å². The molecule has 0 heterocycles. The molecule has 1 N–H and O–H groups in total. The van der Waals surface area contributed by atoms with Gasteiger partial charge in [0.1, 0.15) is 0 Å². The van der Waals surface area contributed by atoms with E-state index in [0.29, 0.717) is 6.61 Å². The second-order valence-electron chi connectivity index (χ2n) is 3.91. The van der Waals surface area contributed by atoms with E-state index in [1.165, 1.54) is 57.8 Å². The summed E-state index contributed by atoms with van der Waals surface area (Å²) >= 11 is 0. The molecule has 0 rings (SSSR count). The van der Waals surface area contributed by atoms with Crippen molar-refractivity contribution >= 4 is 23.1 Å². The molecular weight excluding hydrogens is 184 g/mol. The van der Waals surface area contributed by atoms with Crippen LogP contribution in [0.2, 0.25) is 0 Å². The van der Waals surface area contributed by atoms with Gasteiger partial charge in [-0.2, -0.15) is 0 Å². The zero-order valence-corrected chi connectivity index (χ0v) is 11.3. The van der Waals surface area contributed by atoms with Crippen molar-refractivity contribution < 1.29 is 7.96 Å². The van der Waals surface area contributed by atoms with Crippen LogP contribution in [0.25, 0.3) is 0 Å². The smallest absolute Gasteiger partial charge is 1.00 e. The maximum atomic E-state index is 8.57. The summed E-state index contributed by atoms with van der Waals surface area (Å²) in [7, 11) is 0. The van der Waals surface area contributed by atoms with Crippen molar-refractivity contribution in [2.75, 3.05) is 6.61 Å². The minimum Gasteiger partial charge on any atom is -1.00 e. The van der Waals surface area contributed by atoms with Crippen molar-refractivity contribution in [1.29, 1.82) is 0 Å². The minimum absolute atomic E-state index is 0. The van der Waals surface area contributed by atoms with E-state index >= 15 is 0 Å². The number of unbranched alkanes of at least 4 members (excludes halogenated alkanes) is 9. The van der Waals surface area contributed by atoms with Gasteiger partial charge in [0.2, 0.25) is 0 Å². The molecule has 0 saturated carbocycles. The van der Waals surface area contributed by atoms with Crippen LogP contribution in [0.4, 0.5) is 0 Å². The third kappa shape index (κ3) is 15.2. The molecule has 0 aromatic heterocycles. The van der Waals surface area contributed by atoms with Gasteiger partial charge in [-0.15, -0.1) is 0 Å². The molecule has 0 saturated heterocycles. The van der Waals surface area contributed by atoms with E-state index in [1.807, 2.05) is 0 Å². The Hall–Kier alpha value is 0.726. The zero-order valence-electron chi connectivity index (χ0n) is 11.9. The van der Waals surface area contributed by atoms with Crippen LogP contribution in [-0.2, 0) is 0 Å². The average Bonchev–Trinajstić information content (AvgIpc) is 2.16. The van der Waals surface area contributed by atoms with E-state index in [-0.39, 0.29) is 25.9 Å². The van der Waals surface area contributed by atoms with Crippen LogP contribution in [0.15, 0.2) is 0 Å². The Kier molecular flexibility index (Phi) is 19.8. The van der Waals surface area contributed by atoms with E-state index in [9.17, 15) is 0 Å². The summed E-state index contributed by atoms with van der Waals surface area (Å²) in [5.74, 6) is 0. The van der Waals surface area contributed by atoms with Gasteiger partial charge in [-0.3, -0.25) is 0 Å². The standard InChI is InChI=1S/C12H26O.Mg.2H/c1-2-3-4-5-6-7-8-9-10-11-12-13;;;/h13H,2-12H2,1H3;;;/q;+2;2*-1. The molecular formula is C12H28MgO. The summed E-state index contributed by atoms with van der Waals surface area (Å²) in [6, 6.07) is 0. The van der Waals surface area contributed by atoms with Gasteiger partial charge < -0.3 is 7.96 Å². The van der Waals surface area contributed by atoms with E-state index in [4.69, 9.17) is 5.11 Å². The van der Waals surface area contributed by atoms with E-state index in [1.54, 1.807) is 0 Å². The molecule has 0 amide bonds. The SMILES string of the molecule is CCCCCCCCCCCCO.[H-].[H-].[Mg+2]. The predicted octanol–water partition coefficient (Wildman–Crippen LogP) is 3.74.